The van der Waals surface area contributed by atoms with Gasteiger partial charge in [0.05, 0.1) is 13.2 Å². The van der Waals surface area contributed by atoms with Gasteiger partial charge < -0.3 is 13.9 Å². The van der Waals surface area contributed by atoms with E-state index in [-0.39, 0.29) is 24.1 Å². The first-order chi connectivity index (χ1) is 14.8. The minimum atomic E-state index is -0.269. The molecule has 1 fully saturated rings. The van der Waals surface area contributed by atoms with E-state index in [1.807, 2.05) is 60.7 Å². The van der Waals surface area contributed by atoms with Crippen LogP contribution in [0.15, 0.2) is 70.3 Å². The summed E-state index contributed by atoms with van der Waals surface area (Å²) >= 11 is 1.25. The van der Waals surface area contributed by atoms with Gasteiger partial charge >= 0.3 is 5.97 Å². The summed E-state index contributed by atoms with van der Waals surface area (Å²) in [7, 11) is 0. The fourth-order valence-electron chi connectivity index (χ4n) is 3.21. The number of benzene rings is 2. The summed E-state index contributed by atoms with van der Waals surface area (Å²) < 4.78 is 16.7. The minimum absolute atomic E-state index is 0. The van der Waals surface area contributed by atoms with Gasteiger partial charge in [-0.1, -0.05) is 72.4 Å². The number of esters is 1. The number of ether oxygens (including phenoxy) is 2. The SMILES string of the molecule is Cl.O=C(CSc1nc(-c2ccccc2)c(-c2ccccc2)o1)OCCN1CCOCC1. The average Bonchev–Trinajstić information content (AvgIpc) is 3.24. The Balaban J connectivity index is 0.00000272. The van der Waals surface area contributed by atoms with E-state index in [1.54, 1.807) is 0 Å². The lowest BCUT2D eigenvalue weighted by molar-refractivity contribution is -0.141. The van der Waals surface area contributed by atoms with E-state index in [2.05, 4.69) is 9.88 Å². The normalized spacial score (nSPS) is 14.1. The van der Waals surface area contributed by atoms with Crippen LogP contribution in [0.3, 0.4) is 0 Å². The lowest BCUT2D eigenvalue weighted by Crippen LogP contribution is -2.38. The summed E-state index contributed by atoms with van der Waals surface area (Å²) in [5.41, 5.74) is 2.69. The smallest absolute Gasteiger partial charge is 0.316 e. The highest BCUT2D eigenvalue weighted by atomic mass is 35.5. The predicted octanol–water partition coefficient (Wildman–Crippen LogP) is 4.40. The topological polar surface area (TPSA) is 64.8 Å². The van der Waals surface area contributed by atoms with Crippen LogP contribution in [0.4, 0.5) is 0 Å². The van der Waals surface area contributed by atoms with Crippen LogP contribution in [0.25, 0.3) is 22.6 Å². The Morgan fingerprint density at radius 3 is 2.32 bits per heavy atom. The number of rotatable bonds is 8. The van der Waals surface area contributed by atoms with Crippen LogP contribution < -0.4 is 0 Å². The molecule has 0 amide bonds. The van der Waals surface area contributed by atoms with Crippen molar-refractivity contribution in [1.82, 2.24) is 9.88 Å². The lowest BCUT2D eigenvalue weighted by atomic mass is 10.1. The van der Waals surface area contributed by atoms with Gasteiger partial charge in [-0.2, -0.15) is 0 Å². The van der Waals surface area contributed by atoms with Gasteiger partial charge in [-0.15, -0.1) is 12.4 Å². The van der Waals surface area contributed by atoms with E-state index in [0.29, 0.717) is 17.6 Å². The first-order valence-corrected chi connectivity index (χ1v) is 11.0. The van der Waals surface area contributed by atoms with Crippen molar-refractivity contribution in [3.8, 4) is 22.6 Å². The largest absolute Gasteiger partial charge is 0.464 e. The number of hydrogen-bond donors (Lipinski definition) is 0. The van der Waals surface area contributed by atoms with E-state index < -0.39 is 0 Å². The fraction of sp³-hybridized carbons (Fsp3) is 0.304. The van der Waals surface area contributed by atoms with Gasteiger partial charge in [0.15, 0.2) is 5.76 Å². The van der Waals surface area contributed by atoms with Gasteiger partial charge in [0.2, 0.25) is 0 Å². The van der Waals surface area contributed by atoms with Crippen LogP contribution >= 0.6 is 24.2 Å². The van der Waals surface area contributed by atoms with Crippen LogP contribution in [0, 0.1) is 0 Å². The third kappa shape index (κ3) is 6.58. The molecule has 4 rings (SSSR count). The second kappa shape index (κ2) is 11.9. The van der Waals surface area contributed by atoms with Gasteiger partial charge in [-0.3, -0.25) is 9.69 Å². The van der Waals surface area contributed by atoms with Gasteiger partial charge in [0.1, 0.15) is 18.1 Å². The molecule has 6 nitrogen and oxygen atoms in total. The average molecular weight is 461 g/mol. The Labute approximate surface area is 192 Å². The summed E-state index contributed by atoms with van der Waals surface area (Å²) in [6.07, 6.45) is 0. The van der Waals surface area contributed by atoms with Crippen molar-refractivity contribution >= 4 is 30.1 Å². The first-order valence-electron chi connectivity index (χ1n) is 10.00. The van der Waals surface area contributed by atoms with Crippen LogP contribution in [0.1, 0.15) is 0 Å². The van der Waals surface area contributed by atoms with E-state index in [0.717, 1.165) is 49.7 Å². The lowest BCUT2D eigenvalue weighted by Gasteiger charge is -2.26. The number of carbonyl (C=O) groups excluding carboxylic acids is 1. The third-order valence-corrected chi connectivity index (χ3v) is 5.58. The molecule has 8 heteroatoms. The molecule has 0 aliphatic carbocycles. The number of aromatic nitrogens is 1. The van der Waals surface area contributed by atoms with E-state index in [4.69, 9.17) is 13.9 Å². The van der Waals surface area contributed by atoms with Crippen molar-refractivity contribution in [2.45, 2.75) is 5.22 Å². The summed E-state index contributed by atoms with van der Waals surface area (Å²) in [5, 5.41) is 0.456. The van der Waals surface area contributed by atoms with E-state index in [9.17, 15) is 4.79 Å². The fourth-order valence-corrected chi connectivity index (χ4v) is 3.84. The monoisotopic (exact) mass is 460 g/mol. The molecule has 0 saturated carbocycles. The molecule has 2 heterocycles. The maximum absolute atomic E-state index is 12.1. The Kier molecular flexibility index (Phi) is 8.97. The van der Waals surface area contributed by atoms with Crippen LogP contribution in [0.5, 0.6) is 0 Å². The van der Waals surface area contributed by atoms with Crippen LogP contribution in [0.2, 0.25) is 0 Å². The molecule has 0 unspecified atom stereocenters. The molecule has 0 bridgehead atoms. The molecule has 31 heavy (non-hydrogen) atoms. The van der Waals surface area contributed by atoms with Crippen LogP contribution in [-0.2, 0) is 14.3 Å². The Hall–Kier alpha value is -2.32. The summed E-state index contributed by atoms with van der Waals surface area (Å²) in [5.74, 6) is 0.588. The summed E-state index contributed by atoms with van der Waals surface area (Å²) in [6, 6.07) is 19.8. The molecule has 1 aromatic heterocycles. The first kappa shape index (κ1) is 23.3. The van der Waals surface area contributed by atoms with Crippen molar-refractivity contribution in [3.05, 3.63) is 60.7 Å². The molecule has 2 aromatic carbocycles. The number of hydrogen-bond acceptors (Lipinski definition) is 7. The molecular formula is C23H25ClN2O4S. The molecule has 0 spiro atoms. The number of thioether (sulfide) groups is 1. The van der Waals surface area contributed by atoms with Gasteiger partial charge in [0, 0.05) is 30.8 Å². The maximum Gasteiger partial charge on any atom is 0.316 e. The van der Waals surface area contributed by atoms with Gasteiger partial charge in [-0.05, 0) is 0 Å². The second-order valence-electron chi connectivity index (χ2n) is 6.85. The molecule has 0 radical (unpaired) electrons. The molecule has 0 atom stereocenters. The zero-order chi connectivity index (χ0) is 20.6. The van der Waals surface area contributed by atoms with E-state index >= 15 is 0 Å². The number of halogens is 1. The third-order valence-electron chi connectivity index (χ3n) is 4.78. The molecular weight excluding hydrogens is 436 g/mol. The quantitative estimate of drug-likeness (QED) is 0.364. The standard InChI is InChI=1S/C23H24N2O4S.ClH/c26-20(28-16-13-25-11-14-27-15-12-25)17-30-23-24-21(18-7-3-1-4-8-18)22(29-23)19-9-5-2-6-10-19;/h1-10H,11-17H2;1H. The molecule has 1 aliphatic heterocycles. The zero-order valence-electron chi connectivity index (χ0n) is 17.1. The van der Waals surface area contributed by atoms with Crippen LogP contribution in [-0.4, -0.2) is 61.1 Å². The molecule has 164 valence electrons. The number of carbonyl (C=O) groups is 1. The van der Waals surface area contributed by atoms with Gasteiger partial charge in [-0.25, -0.2) is 4.98 Å². The van der Waals surface area contributed by atoms with Gasteiger partial charge in [0.25, 0.3) is 5.22 Å². The Bertz CT molecular complexity index is 890. The molecule has 1 aliphatic rings. The van der Waals surface area contributed by atoms with Crippen molar-refractivity contribution in [3.63, 3.8) is 0 Å². The maximum atomic E-state index is 12.1. The van der Waals surface area contributed by atoms with E-state index in [1.165, 1.54) is 11.8 Å². The van der Waals surface area contributed by atoms with Crippen molar-refractivity contribution in [2.24, 2.45) is 0 Å². The van der Waals surface area contributed by atoms with Crippen molar-refractivity contribution in [2.75, 3.05) is 45.2 Å². The molecule has 3 aromatic rings. The number of oxazole rings is 1. The zero-order valence-corrected chi connectivity index (χ0v) is 18.7. The second-order valence-corrected chi connectivity index (χ2v) is 7.78. The summed E-state index contributed by atoms with van der Waals surface area (Å²) in [4.78, 5) is 19.0. The number of morpholine rings is 1. The van der Waals surface area contributed by atoms with Crippen molar-refractivity contribution < 1.29 is 18.7 Å². The van der Waals surface area contributed by atoms with Crippen molar-refractivity contribution in [1.29, 1.82) is 0 Å². The molecule has 0 N–H and O–H groups in total. The Morgan fingerprint density at radius 1 is 1.00 bits per heavy atom. The molecule has 1 saturated heterocycles. The summed E-state index contributed by atoms with van der Waals surface area (Å²) in [6.45, 7) is 4.35. The highest BCUT2D eigenvalue weighted by Crippen LogP contribution is 2.35. The Morgan fingerprint density at radius 2 is 1.65 bits per heavy atom. The highest BCUT2D eigenvalue weighted by molar-refractivity contribution is 7.99. The number of nitrogens with zero attached hydrogens (tertiary/aromatic N) is 2. The highest BCUT2D eigenvalue weighted by Gasteiger charge is 2.18. The predicted molar refractivity (Wildman–Crippen MR) is 124 cm³/mol. The minimum Gasteiger partial charge on any atom is -0.464 e.